The first kappa shape index (κ1) is 16.5. The fourth-order valence-electron chi connectivity index (χ4n) is 2.07. The maximum absolute atomic E-state index is 5.76. The molecule has 1 heterocycles. The third-order valence-corrected chi connectivity index (χ3v) is 4.01. The zero-order valence-electron chi connectivity index (χ0n) is 13.0. The molecule has 0 aliphatic rings. The Morgan fingerprint density at radius 2 is 1.86 bits per heavy atom. The van der Waals surface area contributed by atoms with Crippen molar-refractivity contribution in [2.24, 2.45) is 0 Å². The van der Waals surface area contributed by atoms with Gasteiger partial charge in [0.15, 0.2) is 0 Å². The molecule has 1 aromatic carbocycles. The van der Waals surface area contributed by atoms with Crippen LogP contribution in [0.15, 0.2) is 55.0 Å². The molecule has 0 unspecified atom stereocenters. The molecule has 22 heavy (non-hydrogen) atoms. The van der Waals surface area contributed by atoms with Gasteiger partial charge in [0, 0.05) is 25.0 Å². The predicted molar refractivity (Wildman–Crippen MR) is 93.3 cm³/mol. The summed E-state index contributed by atoms with van der Waals surface area (Å²) >= 11 is 1.64. The van der Waals surface area contributed by atoms with Crippen LogP contribution in [0.25, 0.3) is 0 Å². The summed E-state index contributed by atoms with van der Waals surface area (Å²) in [5.74, 6) is 0.877. The zero-order chi connectivity index (χ0) is 15.8. The van der Waals surface area contributed by atoms with Gasteiger partial charge in [-0.15, -0.1) is 24.5 Å². The van der Waals surface area contributed by atoms with Crippen molar-refractivity contribution in [2.45, 2.75) is 20.1 Å². The van der Waals surface area contributed by atoms with Gasteiger partial charge in [-0.2, -0.15) is 0 Å². The van der Waals surface area contributed by atoms with E-state index < -0.39 is 0 Å². The van der Waals surface area contributed by atoms with Crippen molar-refractivity contribution in [1.82, 2.24) is 9.88 Å². The Kier molecular flexibility index (Phi) is 6.37. The summed E-state index contributed by atoms with van der Waals surface area (Å²) in [6.07, 6.45) is 3.80. The van der Waals surface area contributed by atoms with Crippen molar-refractivity contribution in [1.29, 1.82) is 0 Å². The van der Waals surface area contributed by atoms with Crippen molar-refractivity contribution >= 4 is 11.3 Å². The highest BCUT2D eigenvalue weighted by atomic mass is 32.1. The van der Waals surface area contributed by atoms with Crippen LogP contribution in [-0.4, -0.2) is 23.0 Å². The van der Waals surface area contributed by atoms with Gasteiger partial charge in [-0.1, -0.05) is 29.8 Å². The van der Waals surface area contributed by atoms with E-state index in [2.05, 4.69) is 35.3 Å². The van der Waals surface area contributed by atoms with Crippen LogP contribution in [0.4, 0.5) is 0 Å². The third kappa shape index (κ3) is 5.13. The lowest BCUT2D eigenvalue weighted by atomic mass is 10.2. The summed E-state index contributed by atoms with van der Waals surface area (Å²) in [5.41, 5.74) is 2.30. The van der Waals surface area contributed by atoms with Crippen LogP contribution in [0.1, 0.15) is 16.3 Å². The molecule has 0 aliphatic heterocycles. The maximum Gasteiger partial charge on any atom is 0.140 e. The molecule has 2 aromatic rings. The highest BCUT2D eigenvalue weighted by Crippen LogP contribution is 2.17. The van der Waals surface area contributed by atoms with Crippen molar-refractivity contribution in [2.75, 3.05) is 13.1 Å². The fraction of sp³-hybridized carbons (Fsp3) is 0.278. The molecule has 2 rings (SSSR count). The topological polar surface area (TPSA) is 25.4 Å². The van der Waals surface area contributed by atoms with E-state index in [0.29, 0.717) is 6.61 Å². The Morgan fingerprint density at radius 1 is 1.18 bits per heavy atom. The lowest BCUT2D eigenvalue weighted by molar-refractivity contribution is 0.302. The molecule has 0 saturated heterocycles. The van der Waals surface area contributed by atoms with E-state index in [1.165, 1.54) is 5.56 Å². The van der Waals surface area contributed by atoms with Crippen LogP contribution in [0.3, 0.4) is 0 Å². The molecule has 0 bridgehead atoms. The summed E-state index contributed by atoms with van der Waals surface area (Å²) in [6.45, 7) is 12.6. The molecule has 0 spiro atoms. The lowest BCUT2D eigenvalue weighted by Crippen LogP contribution is -2.23. The smallest absolute Gasteiger partial charge is 0.140 e. The molecular weight excluding hydrogens is 292 g/mol. The molecule has 116 valence electrons. The van der Waals surface area contributed by atoms with Crippen LogP contribution in [-0.2, 0) is 13.2 Å². The van der Waals surface area contributed by atoms with E-state index in [1.807, 2.05) is 36.4 Å². The number of ether oxygens (including phenoxy) is 1. The highest BCUT2D eigenvalue weighted by Gasteiger charge is 2.07. The van der Waals surface area contributed by atoms with Crippen molar-refractivity contribution in [3.05, 3.63) is 71.2 Å². The first-order valence-electron chi connectivity index (χ1n) is 7.28. The minimum Gasteiger partial charge on any atom is -0.486 e. The Bertz CT molecular complexity index is 594. The van der Waals surface area contributed by atoms with Crippen molar-refractivity contribution < 1.29 is 4.74 Å². The highest BCUT2D eigenvalue weighted by molar-refractivity contribution is 7.09. The van der Waals surface area contributed by atoms with Crippen molar-refractivity contribution in [3.8, 4) is 5.75 Å². The molecular formula is C18H22N2OS. The van der Waals surface area contributed by atoms with E-state index in [0.717, 1.165) is 36.1 Å². The second-order valence-corrected chi connectivity index (χ2v) is 6.05. The minimum atomic E-state index is 0.511. The Hall–Kier alpha value is -1.91. The number of hydrogen-bond acceptors (Lipinski definition) is 4. The first-order valence-corrected chi connectivity index (χ1v) is 8.16. The zero-order valence-corrected chi connectivity index (χ0v) is 13.8. The molecule has 0 radical (unpaired) electrons. The van der Waals surface area contributed by atoms with Crippen molar-refractivity contribution in [3.63, 3.8) is 0 Å². The van der Waals surface area contributed by atoms with Crippen LogP contribution in [0.5, 0.6) is 5.75 Å². The van der Waals surface area contributed by atoms with Gasteiger partial charge in [0.2, 0.25) is 0 Å². The van der Waals surface area contributed by atoms with E-state index >= 15 is 0 Å². The summed E-state index contributed by atoms with van der Waals surface area (Å²) in [4.78, 5) is 6.87. The molecule has 0 fully saturated rings. The number of hydrogen-bond donors (Lipinski definition) is 0. The van der Waals surface area contributed by atoms with E-state index in [-0.39, 0.29) is 0 Å². The average molecular weight is 314 g/mol. The second-order valence-electron chi connectivity index (χ2n) is 5.11. The number of nitrogens with zero attached hydrogens (tertiary/aromatic N) is 2. The maximum atomic E-state index is 5.76. The normalized spacial score (nSPS) is 10.6. The average Bonchev–Trinajstić information content (AvgIpc) is 2.95. The van der Waals surface area contributed by atoms with Crippen LogP contribution >= 0.6 is 11.3 Å². The molecule has 0 aliphatic carbocycles. The minimum absolute atomic E-state index is 0.511. The molecule has 1 aromatic heterocycles. The van der Waals surface area contributed by atoms with Crippen LogP contribution in [0.2, 0.25) is 0 Å². The van der Waals surface area contributed by atoms with Gasteiger partial charge in [-0.05, 0) is 19.1 Å². The lowest BCUT2D eigenvalue weighted by Gasteiger charge is -2.16. The van der Waals surface area contributed by atoms with E-state index in [4.69, 9.17) is 4.74 Å². The number of benzene rings is 1. The number of aromatic nitrogens is 1. The molecule has 0 amide bonds. The van der Waals surface area contributed by atoms with Gasteiger partial charge < -0.3 is 4.74 Å². The predicted octanol–water partition coefficient (Wildman–Crippen LogP) is 4.20. The largest absolute Gasteiger partial charge is 0.486 e. The van der Waals surface area contributed by atoms with Gasteiger partial charge in [-0.3, -0.25) is 4.90 Å². The molecule has 4 heteroatoms. The second kappa shape index (κ2) is 8.51. The van der Waals surface area contributed by atoms with Gasteiger partial charge in [0.1, 0.15) is 17.4 Å². The summed E-state index contributed by atoms with van der Waals surface area (Å²) in [7, 11) is 0. The quantitative estimate of drug-likeness (QED) is 0.649. The fourth-order valence-corrected chi connectivity index (χ4v) is 2.76. The number of rotatable bonds is 9. The molecule has 0 saturated carbocycles. The molecule has 0 atom stereocenters. The summed E-state index contributed by atoms with van der Waals surface area (Å²) < 4.78 is 5.76. The van der Waals surface area contributed by atoms with E-state index in [1.54, 1.807) is 11.3 Å². The Balaban J connectivity index is 1.88. The SMILES string of the molecule is C=CCN(CC=C)Cc1csc(COc2ccc(C)cc2)n1. The Labute approximate surface area is 136 Å². The van der Waals surface area contributed by atoms with Gasteiger partial charge in [0.25, 0.3) is 0 Å². The summed E-state index contributed by atoms with van der Waals surface area (Å²) in [6, 6.07) is 8.07. The standard InChI is InChI=1S/C18H22N2OS/c1-4-10-20(11-5-2)12-16-14-22-18(19-16)13-21-17-8-6-15(3)7-9-17/h4-9,14H,1-2,10-13H2,3H3. The van der Waals surface area contributed by atoms with Gasteiger partial charge >= 0.3 is 0 Å². The van der Waals surface area contributed by atoms with Gasteiger partial charge in [0.05, 0.1) is 5.69 Å². The van der Waals surface area contributed by atoms with Gasteiger partial charge in [-0.25, -0.2) is 4.98 Å². The monoisotopic (exact) mass is 314 g/mol. The van der Waals surface area contributed by atoms with Crippen LogP contribution in [0, 0.1) is 6.92 Å². The first-order chi connectivity index (χ1) is 10.7. The Morgan fingerprint density at radius 3 is 2.50 bits per heavy atom. The third-order valence-electron chi connectivity index (χ3n) is 3.14. The van der Waals surface area contributed by atoms with Crippen LogP contribution < -0.4 is 4.74 Å². The van der Waals surface area contributed by atoms with E-state index in [9.17, 15) is 0 Å². The number of aryl methyl sites for hydroxylation is 1. The number of thiazole rings is 1. The summed E-state index contributed by atoms with van der Waals surface area (Å²) in [5, 5.41) is 3.08. The molecule has 3 nitrogen and oxygen atoms in total. The molecule has 0 N–H and O–H groups in total.